The van der Waals surface area contributed by atoms with Gasteiger partial charge < -0.3 is 19.5 Å². The first-order valence-corrected chi connectivity index (χ1v) is 8.29. The van der Waals surface area contributed by atoms with E-state index >= 15 is 0 Å². The Balaban J connectivity index is 1.88. The molecule has 138 valence electrons. The van der Waals surface area contributed by atoms with Crippen LogP contribution in [0.25, 0.3) is 11.3 Å². The first-order valence-electron chi connectivity index (χ1n) is 8.29. The SMILES string of the molecule is COc1cc(NC(=O)c2ccnc(-c3ccccc3)c2)cc(OC)c1OC. The van der Waals surface area contributed by atoms with Crippen LogP contribution >= 0.6 is 0 Å². The Morgan fingerprint density at radius 1 is 0.889 bits per heavy atom. The highest BCUT2D eigenvalue weighted by Gasteiger charge is 2.15. The first-order chi connectivity index (χ1) is 13.2. The molecule has 0 saturated heterocycles. The highest BCUT2D eigenvalue weighted by atomic mass is 16.5. The van der Waals surface area contributed by atoms with Crippen LogP contribution < -0.4 is 19.5 Å². The van der Waals surface area contributed by atoms with Gasteiger partial charge >= 0.3 is 0 Å². The van der Waals surface area contributed by atoms with Crippen molar-refractivity contribution >= 4 is 11.6 Å². The molecule has 1 amide bonds. The minimum absolute atomic E-state index is 0.260. The van der Waals surface area contributed by atoms with E-state index in [1.165, 1.54) is 21.3 Å². The summed E-state index contributed by atoms with van der Waals surface area (Å²) in [5.74, 6) is 1.14. The summed E-state index contributed by atoms with van der Waals surface area (Å²) in [6.07, 6.45) is 1.62. The molecule has 0 aliphatic heterocycles. The number of aromatic nitrogens is 1. The van der Waals surface area contributed by atoms with E-state index in [0.717, 1.165) is 11.3 Å². The number of nitrogens with zero attached hydrogens (tertiary/aromatic N) is 1. The van der Waals surface area contributed by atoms with Gasteiger partial charge in [0.2, 0.25) is 5.75 Å². The fraction of sp³-hybridized carbons (Fsp3) is 0.143. The summed E-state index contributed by atoms with van der Waals surface area (Å²) in [5, 5.41) is 2.86. The van der Waals surface area contributed by atoms with E-state index in [4.69, 9.17) is 14.2 Å². The second kappa shape index (κ2) is 8.23. The van der Waals surface area contributed by atoms with Gasteiger partial charge in [-0.05, 0) is 12.1 Å². The molecule has 0 fully saturated rings. The van der Waals surface area contributed by atoms with Crippen molar-refractivity contribution in [2.24, 2.45) is 0 Å². The molecule has 3 rings (SSSR count). The topological polar surface area (TPSA) is 69.7 Å². The summed E-state index contributed by atoms with van der Waals surface area (Å²) in [6, 6.07) is 16.5. The molecule has 0 radical (unpaired) electrons. The molecule has 6 nitrogen and oxygen atoms in total. The highest BCUT2D eigenvalue weighted by molar-refractivity contribution is 6.05. The number of pyridine rings is 1. The normalized spacial score (nSPS) is 10.2. The number of carbonyl (C=O) groups is 1. The van der Waals surface area contributed by atoms with E-state index in [1.54, 1.807) is 30.5 Å². The number of carbonyl (C=O) groups excluding carboxylic acids is 1. The molecule has 1 N–H and O–H groups in total. The molecular weight excluding hydrogens is 344 g/mol. The second-order valence-electron chi connectivity index (χ2n) is 5.66. The van der Waals surface area contributed by atoms with Gasteiger partial charge in [-0.15, -0.1) is 0 Å². The van der Waals surface area contributed by atoms with Crippen LogP contribution in [0.15, 0.2) is 60.8 Å². The maximum atomic E-state index is 12.7. The Morgan fingerprint density at radius 2 is 1.56 bits per heavy atom. The Hall–Kier alpha value is -3.54. The number of hydrogen-bond donors (Lipinski definition) is 1. The monoisotopic (exact) mass is 364 g/mol. The molecule has 6 heteroatoms. The van der Waals surface area contributed by atoms with Crippen LogP contribution in [0.2, 0.25) is 0 Å². The van der Waals surface area contributed by atoms with Crippen LogP contribution in [-0.2, 0) is 0 Å². The number of anilines is 1. The van der Waals surface area contributed by atoms with Crippen molar-refractivity contribution in [3.05, 3.63) is 66.4 Å². The van der Waals surface area contributed by atoms with Crippen LogP contribution in [0.5, 0.6) is 17.2 Å². The minimum atomic E-state index is -0.260. The third-order valence-electron chi connectivity index (χ3n) is 4.01. The highest BCUT2D eigenvalue weighted by Crippen LogP contribution is 2.40. The molecular formula is C21H20N2O4. The van der Waals surface area contributed by atoms with Gasteiger partial charge in [-0.1, -0.05) is 30.3 Å². The fourth-order valence-corrected chi connectivity index (χ4v) is 2.70. The summed E-state index contributed by atoms with van der Waals surface area (Å²) in [7, 11) is 4.58. The predicted molar refractivity (Wildman–Crippen MR) is 104 cm³/mol. The van der Waals surface area contributed by atoms with E-state index in [-0.39, 0.29) is 5.91 Å². The molecule has 0 unspecified atom stereocenters. The third kappa shape index (κ3) is 4.00. The van der Waals surface area contributed by atoms with Crippen LogP contribution in [-0.4, -0.2) is 32.2 Å². The molecule has 1 heterocycles. The molecule has 27 heavy (non-hydrogen) atoms. The number of nitrogens with one attached hydrogen (secondary N) is 1. The minimum Gasteiger partial charge on any atom is -0.493 e. The first kappa shape index (κ1) is 18.3. The Morgan fingerprint density at radius 3 is 2.15 bits per heavy atom. The van der Waals surface area contributed by atoms with Crippen molar-refractivity contribution in [1.82, 2.24) is 4.98 Å². The molecule has 0 aliphatic carbocycles. The number of rotatable bonds is 6. The second-order valence-corrected chi connectivity index (χ2v) is 5.66. The average molecular weight is 364 g/mol. The van der Waals surface area contributed by atoms with Crippen molar-refractivity contribution in [2.75, 3.05) is 26.6 Å². The lowest BCUT2D eigenvalue weighted by Gasteiger charge is -2.14. The standard InChI is InChI=1S/C21H20N2O4/c1-25-18-12-16(13-19(26-2)20(18)27-3)23-21(24)15-9-10-22-17(11-15)14-7-5-4-6-8-14/h4-13H,1-3H3,(H,23,24). The van der Waals surface area contributed by atoms with Gasteiger partial charge in [-0.25, -0.2) is 0 Å². The number of amides is 1. The largest absolute Gasteiger partial charge is 0.493 e. The summed E-state index contributed by atoms with van der Waals surface area (Å²) < 4.78 is 15.9. The quantitative estimate of drug-likeness (QED) is 0.715. The Kier molecular flexibility index (Phi) is 5.56. The van der Waals surface area contributed by atoms with Gasteiger partial charge in [0.05, 0.1) is 27.0 Å². The Labute approximate surface area is 157 Å². The van der Waals surface area contributed by atoms with E-state index in [2.05, 4.69) is 10.3 Å². The Bertz CT molecular complexity index is 917. The summed E-state index contributed by atoms with van der Waals surface area (Å²) in [6.45, 7) is 0. The molecule has 3 aromatic rings. The molecule has 0 bridgehead atoms. The van der Waals surface area contributed by atoms with Crippen LogP contribution in [0, 0.1) is 0 Å². The lowest BCUT2D eigenvalue weighted by Crippen LogP contribution is -2.12. The van der Waals surface area contributed by atoms with Crippen molar-refractivity contribution in [2.45, 2.75) is 0 Å². The number of benzene rings is 2. The predicted octanol–water partition coefficient (Wildman–Crippen LogP) is 4.03. The number of hydrogen-bond acceptors (Lipinski definition) is 5. The van der Waals surface area contributed by atoms with Crippen molar-refractivity contribution < 1.29 is 19.0 Å². The number of methoxy groups -OCH3 is 3. The van der Waals surface area contributed by atoms with Crippen molar-refractivity contribution in [3.63, 3.8) is 0 Å². The fourth-order valence-electron chi connectivity index (χ4n) is 2.70. The van der Waals surface area contributed by atoms with Crippen LogP contribution in [0.3, 0.4) is 0 Å². The van der Waals surface area contributed by atoms with Gasteiger partial charge in [-0.2, -0.15) is 0 Å². The summed E-state index contributed by atoms with van der Waals surface area (Å²) >= 11 is 0. The van der Waals surface area contributed by atoms with Gasteiger partial charge in [0.1, 0.15) is 0 Å². The average Bonchev–Trinajstić information content (AvgIpc) is 2.73. The molecule has 0 aliphatic rings. The van der Waals surface area contributed by atoms with Crippen molar-refractivity contribution in [1.29, 1.82) is 0 Å². The smallest absolute Gasteiger partial charge is 0.255 e. The van der Waals surface area contributed by atoms with Gasteiger partial charge in [-0.3, -0.25) is 9.78 Å². The van der Waals surface area contributed by atoms with E-state index in [1.807, 2.05) is 30.3 Å². The van der Waals surface area contributed by atoms with Gasteiger partial charge in [0.25, 0.3) is 5.91 Å². The lowest BCUT2D eigenvalue weighted by molar-refractivity contribution is 0.102. The van der Waals surface area contributed by atoms with E-state index < -0.39 is 0 Å². The van der Waals surface area contributed by atoms with Gasteiger partial charge in [0, 0.05) is 35.1 Å². The van der Waals surface area contributed by atoms with Gasteiger partial charge in [0.15, 0.2) is 11.5 Å². The summed E-state index contributed by atoms with van der Waals surface area (Å²) in [5.41, 5.74) is 2.71. The van der Waals surface area contributed by atoms with E-state index in [0.29, 0.717) is 28.5 Å². The zero-order chi connectivity index (χ0) is 19.2. The molecule has 2 aromatic carbocycles. The molecule has 0 saturated carbocycles. The maximum Gasteiger partial charge on any atom is 0.255 e. The lowest BCUT2D eigenvalue weighted by atomic mass is 10.1. The maximum absolute atomic E-state index is 12.7. The van der Waals surface area contributed by atoms with E-state index in [9.17, 15) is 4.79 Å². The van der Waals surface area contributed by atoms with Crippen LogP contribution in [0.4, 0.5) is 5.69 Å². The van der Waals surface area contributed by atoms with Crippen LogP contribution in [0.1, 0.15) is 10.4 Å². The zero-order valence-electron chi connectivity index (χ0n) is 15.4. The number of ether oxygens (including phenoxy) is 3. The zero-order valence-corrected chi connectivity index (χ0v) is 15.4. The third-order valence-corrected chi connectivity index (χ3v) is 4.01. The molecule has 0 spiro atoms. The molecule has 0 atom stereocenters. The molecule has 1 aromatic heterocycles. The van der Waals surface area contributed by atoms with Crippen molar-refractivity contribution in [3.8, 4) is 28.5 Å². The summed E-state index contributed by atoms with van der Waals surface area (Å²) in [4.78, 5) is 17.0.